The zero-order valence-electron chi connectivity index (χ0n) is 16.2. The summed E-state index contributed by atoms with van der Waals surface area (Å²) >= 11 is 1.41. The minimum atomic E-state index is -0.385. The van der Waals surface area contributed by atoms with Crippen LogP contribution in [0.5, 0.6) is 0 Å². The maximum atomic E-state index is 14.6. The van der Waals surface area contributed by atoms with Gasteiger partial charge in [0.1, 0.15) is 17.5 Å². The van der Waals surface area contributed by atoms with Gasteiger partial charge in [-0.3, -0.25) is 9.36 Å². The first kappa shape index (κ1) is 19.5. The zero-order chi connectivity index (χ0) is 21.4. The van der Waals surface area contributed by atoms with Crippen LogP contribution in [-0.2, 0) is 0 Å². The average Bonchev–Trinajstić information content (AvgIpc) is 3.41. The number of hydrogen-bond donors (Lipinski definition) is 1. The van der Waals surface area contributed by atoms with Crippen molar-refractivity contribution in [2.45, 2.75) is 24.8 Å². The first-order valence-corrected chi connectivity index (χ1v) is 10.6. The molecule has 31 heavy (non-hydrogen) atoms. The molecule has 1 fully saturated rings. The predicted octanol–water partition coefficient (Wildman–Crippen LogP) is 4.35. The second-order valence-electron chi connectivity index (χ2n) is 7.35. The minimum Gasteiger partial charge on any atom is -0.349 e. The molecule has 2 aromatic heterocycles. The maximum absolute atomic E-state index is 14.6. The summed E-state index contributed by atoms with van der Waals surface area (Å²) in [4.78, 5) is 16.7. The SMILES string of the molecule is O=C(N[C@H]1C[C@H](c2nnc(-c3nccs3)n2-c2ccccc2F)C1)c1ccc(F)cc1. The standard InChI is InChI=1S/C22H17F2N5OS/c23-15-7-5-13(6-8-15)21(30)26-16-11-14(12-16)19-27-28-20(22-25-9-10-31-22)29(19)18-4-2-1-3-17(18)24/h1-10,14,16H,11-12H2,(H,26,30)/t14-,16-. The Labute approximate surface area is 180 Å². The Balaban J connectivity index is 1.38. The van der Waals surface area contributed by atoms with Gasteiger partial charge in [0.2, 0.25) is 0 Å². The molecule has 1 aliphatic carbocycles. The Morgan fingerprint density at radius 3 is 2.55 bits per heavy atom. The van der Waals surface area contributed by atoms with E-state index < -0.39 is 0 Å². The van der Waals surface area contributed by atoms with Crippen LogP contribution < -0.4 is 5.32 Å². The first-order chi connectivity index (χ1) is 15.1. The number of carbonyl (C=O) groups is 1. The number of aromatic nitrogens is 4. The Morgan fingerprint density at radius 2 is 1.84 bits per heavy atom. The van der Waals surface area contributed by atoms with E-state index in [1.54, 1.807) is 29.0 Å². The molecule has 9 heteroatoms. The highest BCUT2D eigenvalue weighted by molar-refractivity contribution is 7.13. The van der Waals surface area contributed by atoms with Crippen LogP contribution in [0.25, 0.3) is 16.5 Å². The van der Waals surface area contributed by atoms with Crippen molar-refractivity contribution in [3.63, 3.8) is 0 Å². The molecule has 0 atom stereocenters. The summed E-state index contributed by atoms with van der Waals surface area (Å²) in [5.41, 5.74) is 0.775. The lowest BCUT2D eigenvalue weighted by Gasteiger charge is -2.35. The van der Waals surface area contributed by atoms with Gasteiger partial charge in [-0.2, -0.15) is 0 Å². The Kier molecular flexibility index (Phi) is 5.03. The van der Waals surface area contributed by atoms with Gasteiger partial charge in [-0.05, 0) is 49.2 Å². The molecule has 1 aliphatic rings. The molecule has 0 aliphatic heterocycles. The zero-order valence-corrected chi connectivity index (χ0v) is 17.0. The van der Waals surface area contributed by atoms with E-state index in [-0.39, 0.29) is 29.5 Å². The third-order valence-corrected chi connectivity index (χ3v) is 6.12. The normalized spacial score (nSPS) is 17.9. The van der Waals surface area contributed by atoms with Crippen molar-refractivity contribution < 1.29 is 13.6 Å². The van der Waals surface area contributed by atoms with Crippen LogP contribution >= 0.6 is 11.3 Å². The fraction of sp³-hybridized carbons (Fsp3) is 0.182. The lowest BCUT2D eigenvalue weighted by atomic mass is 9.79. The van der Waals surface area contributed by atoms with Crippen LogP contribution in [-0.4, -0.2) is 31.7 Å². The lowest BCUT2D eigenvalue weighted by molar-refractivity contribution is 0.0907. The Bertz CT molecular complexity index is 1220. The van der Waals surface area contributed by atoms with Crippen molar-refractivity contribution in [1.82, 2.24) is 25.1 Å². The maximum Gasteiger partial charge on any atom is 0.251 e. The molecule has 5 rings (SSSR count). The van der Waals surface area contributed by atoms with Crippen molar-refractivity contribution in [3.8, 4) is 16.5 Å². The van der Waals surface area contributed by atoms with Gasteiger partial charge in [0, 0.05) is 29.1 Å². The molecule has 0 unspecified atom stereocenters. The number of halogens is 2. The molecule has 0 saturated heterocycles. The van der Waals surface area contributed by atoms with Gasteiger partial charge in [-0.1, -0.05) is 12.1 Å². The van der Waals surface area contributed by atoms with E-state index in [1.807, 2.05) is 5.38 Å². The molecule has 6 nitrogen and oxygen atoms in total. The second-order valence-corrected chi connectivity index (χ2v) is 8.25. The molecular formula is C22H17F2N5OS. The van der Waals surface area contributed by atoms with Crippen molar-refractivity contribution in [1.29, 1.82) is 0 Å². The van der Waals surface area contributed by atoms with Crippen LogP contribution in [0.15, 0.2) is 60.1 Å². The number of nitrogens with zero attached hydrogens (tertiary/aromatic N) is 4. The van der Waals surface area contributed by atoms with E-state index in [2.05, 4.69) is 20.5 Å². The van der Waals surface area contributed by atoms with E-state index in [0.29, 0.717) is 40.7 Å². The number of hydrogen-bond acceptors (Lipinski definition) is 5. The van der Waals surface area contributed by atoms with Crippen LogP contribution in [0.4, 0.5) is 8.78 Å². The molecule has 1 N–H and O–H groups in total. The smallest absolute Gasteiger partial charge is 0.251 e. The molecule has 156 valence electrons. The molecule has 1 amide bonds. The highest BCUT2D eigenvalue weighted by Crippen LogP contribution is 2.39. The minimum absolute atomic E-state index is 0.0133. The van der Waals surface area contributed by atoms with Gasteiger partial charge in [0.25, 0.3) is 5.91 Å². The molecule has 0 spiro atoms. The number of thiazole rings is 1. The van der Waals surface area contributed by atoms with Crippen LogP contribution in [0, 0.1) is 11.6 Å². The largest absolute Gasteiger partial charge is 0.349 e. The van der Waals surface area contributed by atoms with Gasteiger partial charge in [-0.25, -0.2) is 13.8 Å². The quantitative estimate of drug-likeness (QED) is 0.504. The number of amides is 1. The number of rotatable bonds is 5. The molecule has 0 radical (unpaired) electrons. The number of nitrogens with one attached hydrogen (secondary N) is 1. The first-order valence-electron chi connectivity index (χ1n) is 9.76. The van der Waals surface area contributed by atoms with E-state index in [9.17, 15) is 13.6 Å². The summed E-state index contributed by atoms with van der Waals surface area (Å²) in [5.74, 6) is 0.143. The topological polar surface area (TPSA) is 72.7 Å². The summed E-state index contributed by atoms with van der Waals surface area (Å²) in [6.07, 6.45) is 2.97. The van der Waals surface area contributed by atoms with Gasteiger partial charge in [-0.15, -0.1) is 21.5 Å². The van der Waals surface area contributed by atoms with E-state index >= 15 is 0 Å². The highest BCUT2D eigenvalue weighted by Gasteiger charge is 2.36. The van der Waals surface area contributed by atoms with Crippen LogP contribution in [0.3, 0.4) is 0 Å². The van der Waals surface area contributed by atoms with Gasteiger partial charge in [0.15, 0.2) is 10.8 Å². The molecular weight excluding hydrogens is 420 g/mol. The van der Waals surface area contributed by atoms with E-state index in [1.165, 1.54) is 41.7 Å². The van der Waals surface area contributed by atoms with Crippen LogP contribution in [0.2, 0.25) is 0 Å². The Hall–Kier alpha value is -3.46. The molecule has 2 aromatic carbocycles. The monoisotopic (exact) mass is 437 g/mol. The van der Waals surface area contributed by atoms with Crippen molar-refractivity contribution in [2.24, 2.45) is 0 Å². The van der Waals surface area contributed by atoms with Crippen molar-refractivity contribution in [2.75, 3.05) is 0 Å². The molecule has 4 aromatic rings. The number of para-hydroxylation sites is 1. The molecule has 2 heterocycles. The van der Waals surface area contributed by atoms with Crippen molar-refractivity contribution in [3.05, 3.63) is 83.1 Å². The molecule has 0 bridgehead atoms. The molecule has 1 saturated carbocycles. The van der Waals surface area contributed by atoms with Crippen molar-refractivity contribution >= 4 is 17.2 Å². The average molecular weight is 437 g/mol. The summed E-state index contributed by atoms with van der Waals surface area (Å²) in [6, 6.07) is 11.9. The third-order valence-electron chi connectivity index (χ3n) is 5.35. The lowest BCUT2D eigenvalue weighted by Crippen LogP contribution is -2.44. The summed E-state index contributed by atoms with van der Waals surface area (Å²) in [5, 5.41) is 14.1. The number of benzene rings is 2. The summed E-state index contributed by atoms with van der Waals surface area (Å²) in [7, 11) is 0. The third kappa shape index (κ3) is 3.72. The summed E-state index contributed by atoms with van der Waals surface area (Å²) in [6.45, 7) is 0. The highest BCUT2D eigenvalue weighted by atomic mass is 32.1. The fourth-order valence-electron chi connectivity index (χ4n) is 3.72. The van der Waals surface area contributed by atoms with Gasteiger partial charge >= 0.3 is 0 Å². The second kappa shape index (κ2) is 7.99. The van der Waals surface area contributed by atoms with E-state index in [4.69, 9.17) is 0 Å². The van der Waals surface area contributed by atoms with Gasteiger partial charge in [0.05, 0.1) is 5.69 Å². The fourth-order valence-corrected chi connectivity index (χ4v) is 4.33. The Morgan fingerprint density at radius 1 is 1.06 bits per heavy atom. The van der Waals surface area contributed by atoms with Gasteiger partial charge < -0.3 is 5.32 Å². The van der Waals surface area contributed by atoms with E-state index in [0.717, 1.165) is 0 Å². The summed E-state index contributed by atoms with van der Waals surface area (Å²) < 4.78 is 29.4. The van der Waals surface area contributed by atoms with Crippen LogP contribution in [0.1, 0.15) is 34.9 Å². The predicted molar refractivity (Wildman–Crippen MR) is 112 cm³/mol. The number of carbonyl (C=O) groups excluding carboxylic acids is 1.